The molecule has 0 spiro atoms. The Balaban J connectivity index is 1.32. The van der Waals surface area contributed by atoms with Crippen LogP contribution in [0, 0.1) is 17.1 Å². The Labute approximate surface area is 231 Å². The van der Waals surface area contributed by atoms with Crippen molar-refractivity contribution < 1.29 is 9.18 Å². The first-order valence-corrected chi connectivity index (χ1v) is 13.6. The molecule has 1 atom stereocenters. The summed E-state index contributed by atoms with van der Waals surface area (Å²) in [6, 6.07) is 13.5. The first kappa shape index (κ1) is 27.2. The molecule has 0 unspecified atom stereocenters. The summed E-state index contributed by atoms with van der Waals surface area (Å²) in [6.07, 6.45) is 5.41. The third-order valence-corrected chi connectivity index (χ3v) is 7.40. The second-order valence-electron chi connectivity index (χ2n) is 10.2. The lowest BCUT2D eigenvalue weighted by Gasteiger charge is -2.40. The standard InChI is InChI=1S/C30H32FN7O2/c1-2-3-8-28-33-17-21(34-28)18-37-13-14-38(22(19-37)11-12-32)30(40)25-15-20(9-10-26(25)31)16-27-23-6-4-5-7-24(23)29(39)36-35-27/h4-7,9-10,15,17,22H,2-3,8,11,13-14,16,18-19H2,1H3,(H,33,34)(H,36,39)/t22-/m1/s1. The van der Waals surface area contributed by atoms with Gasteiger partial charge < -0.3 is 9.88 Å². The molecule has 2 N–H and O–H groups in total. The predicted molar refractivity (Wildman–Crippen MR) is 149 cm³/mol. The van der Waals surface area contributed by atoms with Gasteiger partial charge in [-0.05, 0) is 30.2 Å². The molecular formula is C30H32FN7O2. The normalized spacial score (nSPS) is 15.8. The van der Waals surface area contributed by atoms with Gasteiger partial charge in [-0.1, -0.05) is 37.6 Å². The average Bonchev–Trinajstić information content (AvgIpc) is 3.41. The van der Waals surface area contributed by atoms with E-state index in [4.69, 9.17) is 0 Å². The van der Waals surface area contributed by atoms with Crippen molar-refractivity contribution in [3.63, 3.8) is 0 Å². The number of hydrogen-bond donors (Lipinski definition) is 2. The third kappa shape index (κ3) is 5.95. The Bertz CT molecular complexity index is 1610. The van der Waals surface area contributed by atoms with Gasteiger partial charge in [-0.25, -0.2) is 14.5 Å². The lowest BCUT2D eigenvalue weighted by Crippen LogP contribution is -2.54. The Hall–Kier alpha value is -4.36. The maximum absolute atomic E-state index is 15.0. The highest BCUT2D eigenvalue weighted by Gasteiger charge is 2.32. The van der Waals surface area contributed by atoms with Crippen molar-refractivity contribution in [2.24, 2.45) is 0 Å². The largest absolute Gasteiger partial charge is 0.345 e. The summed E-state index contributed by atoms with van der Waals surface area (Å²) in [5.74, 6) is -0.0650. The van der Waals surface area contributed by atoms with Gasteiger partial charge in [0.2, 0.25) is 0 Å². The molecule has 0 aliphatic carbocycles. The molecule has 2 aromatic carbocycles. The van der Waals surface area contributed by atoms with Crippen LogP contribution in [0.4, 0.5) is 4.39 Å². The maximum atomic E-state index is 15.0. The van der Waals surface area contributed by atoms with Crippen molar-refractivity contribution in [2.75, 3.05) is 19.6 Å². The smallest absolute Gasteiger partial charge is 0.272 e. The fraction of sp³-hybridized carbons (Fsp3) is 0.367. The molecule has 40 heavy (non-hydrogen) atoms. The number of carbonyl (C=O) groups excluding carboxylic acids is 1. The molecule has 206 valence electrons. The topological polar surface area (TPSA) is 122 Å². The van der Waals surface area contributed by atoms with E-state index in [1.54, 1.807) is 29.2 Å². The lowest BCUT2D eigenvalue weighted by molar-refractivity contribution is 0.0441. The fourth-order valence-electron chi connectivity index (χ4n) is 5.31. The number of fused-ring (bicyclic) bond motifs is 1. The highest BCUT2D eigenvalue weighted by molar-refractivity contribution is 5.95. The summed E-state index contributed by atoms with van der Waals surface area (Å²) in [4.78, 5) is 37.4. The number of halogens is 1. The van der Waals surface area contributed by atoms with Crippen molar-refractivity contribution in [3.8, 4) is 6.07 Å². The van der Waals surface area contributed by atoms with E-state index < -0.39 is 11.7 Å². The van der Waals surface area contributed by atoms with Crippen LogP contribution in [-0.2, 0) is 19.4 Å². The summed E-state index contributed by atoms with van der Waals surface area (Å²) in [5.41, 5.74) is 2.03. The number of unbranched alkanes of at least 4 members (excludes halogenated alkanes) is 1. The van der Waals surface area contributed by atoms with E-state index in [-0.39, 0.29) is 23.6 Å². The minimum absolute atomic E-state index is 0.0308. The van der Waals surface area contributed by atoms with Crippen molar-refractivity contribution in [1.82, 2.24) is 30.0 Å². The van der Waals surface area contributed by atoms with Crippen LogP contribution < -0.4 is 5.56 Å². The van der Waals surface area contributed by atoms with Gasteiger partial charge in [0.25, 0.3) is 11.5 Å². The number of carbonyl (C=O) groups is 1. The highest BCUT2D eigenvalue weighted by Crippen LogP contribution is 2.23. The zero-order chi connectivity index (χ0) is 28.1. The van der Waals surface area contributed by atoms with Crippen molar-refractivity contribution >= 4 is 16.7 Å². The molecule has 3 heterocycles. The van der Waals surface area contributed by atoms with Crippen LogP contribution in [-0.4, -0.2) is 61.5 Å². The molecular weight excluding hydrogens is 509 g/mol. The number of rotatable bonds is 9. The zero-order valence-corrected chi connectivity index (χ0v) is 22.5. The van der Waals surface area contributed by atoms with E-state index in [2.05, 4.69) is 38.1 Å². The van der Waals surface area contributed by atoms with Crippen LogP contribution in [0.3, 0.4) is 0 Å². The molecule has 1 aliphatic heterocycles. The number of amides is 1. The van der Waals surface area contributed by atoms with E-state index in [0.29, 0.717) is 54.6 Å². The van der Waals surface area contributed by atoms with Gasteiger partial charge in [0.1, 0.15) is 11.6 Å². The lowest BCUT2D eigenvalue weighted by atomic mass is 10.0. The maximum Gasteiger partial charge on any atom is 0.272 e. The van der Waals surface area contributed by atoms with E-state index in [0.717, 1.165) is 30.8 Å². The van der Waals surface area contributed by atoms with Crippen molar-refractivity contribution in [3.05, 3.63) is 93.2 Å². The molecule has 10 heteroatoms. The molecule has 1 saturated heterocycles. The molecule has 1 amide bonds. The number of nitrogens with one attached hydrogen (secondary N) is 2. The Morgan fingerprint density at radius 1 is 1.20 bits per heavy atom. The van der Waals surface area contributed by atoms with E-state index in [1.165, 1.54) is 6.07 Å². The van der Waals surface area contributed by atoms with Crippen molar-refractivity contribution in [1.29, 1.82) is 5.26 Å². The molecule has 4 aromatic rings. The number of imidazole rings is 1. The second kappa shape index (κ2) is 12.2. The Kier molecular flexibility index (Phi) is 8.31. The number of nitrogens with zero attached hydrogens (tertiary/aromatic N) is 5. The van der Waals surface area contributed by atoms with Crippen LogP contribution in [0.25, 0.3) is 10.8 Å². The van der Waals surface area contributed by atoms with E-state index >= 15 is 0 Å². The molecule has 2 aromatic heterocycles. The minimum atomic E-state index is -0.608. The highest BCUT2D eigenvalue weighted by atomic mass is 19.1. The number of benzene rings is 2. The molecule has 1 aliphatic rings. The van der Waals surface area contributed by atoms with Crippen molar-refractivity contribution in [2.45, 2.75) is 51.6 Å². The monoisotopic (exact) mass is 541 g/mol. The Morgan fingerprint density at radius 3 is 2.83 bits per heavy atom. The first-order valence-electron chi connectivity index (χ1n) is 13.6. The van der Waals surface area contributed by atoms with Gasteiger partial charge in [-0.2, -0.15) is 10.4 Å². The summed E-state index contributed by atoms with van der Waals surface area (Å²) < 4.78 is 15.0. The van der Waals surface area contributed by atoms with E-state index in [9.17, 15) is 19.2 Å². The minimum Gasteiger partial charge on any atom is -0.345 e. The van der Waals surface area contributed by atoms with Gasteiger partial charge in [-0.3, -0.25) is 14.5 Å². The summed E-state index contributed by atoms with van der Waals surface area (Å²) in [6.45, 7) is 4.29. The van der Waals surface area contributed by atoms with Gasteiger partial charge in [0, 0.05) is 56.3 Å². The van der Waals surface area contributed by atoms with Gasteiger partial charge in [0.15, 0.2) is 0 Å². The SMILES string of the molecule is CCCCc1ncc(CN2CCN(C(=O)c3cc(Cc4n[nH]c(=O)c5ccccc45)ccc3F)[C@H](CC#N)C2)[nH]1. The fourth-order valence-corrected chi connectivity index (χ4v) is 5.31. The number of aromatic nitrogens is 4. The summed E-state index contributed by atoms with van der Waals surface area (Å²) >= 11 is 0. The number of aromatic amines is 2. The summed E-state index contributed by atoms with van der Waals surface area (Å²) in [5, 5.41) is 17.5. The number of piperazine rings is 1. The van der Waals surface area contributed by atoms with Crippen LogP contribution in [0.2, 0.25) is 0 Å². The molecule has 9 nitrogen and oxygen atoms in total. The number of nitriles is 1. The number of H-pyrrole nitrogens is 2. The molecule has 0 saturated carbocycles. The van der Waals surface area contributed by atoms with E-state index in [1.807, 2.05) is 18.3 Å². The number of hydrogen-bond acceptors (Lipinski definition) is 6. The van der Waals surface area contributed by atoms with Crippen LogP contribution >= 0.6 is 0 Å². The molecule has 0 radical (unpaired) electrons. The third-order valence-electron chi connectivity index (χ3n) is 7.40. The second-order valence-corrected chi connectivity index (χ2v) is 10.2. The Morgan fingerprint density at radius 2 is 2.02 bits per heavy atom. The van der Waals surface area contributed by atoms with Crippen LogP contribution in [0.15, 0.2) is 53.5 Å². The van der Waals surface area contributed by atoms with Gasteiger partial charge >= 0.3 is 0 Å². The quantitative estimate of drug-likeness (QED) is 0.331. The molecule has 0 bridgehead atoms. The average molecular weight is 542 g/mol. The summed E-state index contributed by atoms with van der Waals surface area (Å²) in [7, 11) is 0. The van der Waals surface area contributed by atoms with Crippen LogP contribution in [0.1, 0.15) is 59.3 Å². The molecule has 1 fully saturated rings. The predicted octanol–water partition coefficient (Wildman–Crippen LogP) is 3.96. The number of aryl methyl sites for hydroxylation is 1. The zero-order valence-electron chi connectivity index (χ0n) is 22.5. The molecule has 5 rings (SSSR count). The first-order chi connectivity index (χ1) is 19.5. The van der Waals surface area contributed by atoms with Gasteiger partial charge in [0.05, 0.1) is 35.2 Å². The van der Waals surface area contributed by atoms with Crippen LogP contribution in [0.5, 0.6) is 0 Å². The van der Waals surface area contributed by atoms with Gasteiger partial charge in [-0.15, -0.1) is 0 Å².